The fourth-order valence-electron chi connectivity index (χ4n) is 1.30. The van der Waals surface area contributed by atoms with E-state index in [2.05, 4.69) is 15.9 Å². The number of benzene rings is 1. The van der Waals surface area contributed by atoms with Gasteiger partial charge in [-0.05, 0) is 30.5 Å². The summed E-state index contributed by atoms with van der Waals surface area (Å²) in [5, 5.41) is 9.45. The molecule has 0 bridgehead atoms. The molecule has 1 unspecified atom stereocenters. The van der Waals surface area contributed by atoms with Crippen molar-refractivity contribution in [3.8, 4) is 0 Å². The van der Waals surface area contributed by atoms with Crippen molar-refractivity contribution in [2.24, 2.45) is 5.73 Å². The number of rotatable bonds is 2. The number of aliphatic hydroxyl groups excluding tert-OH is 1. The third kappa shape index (κ3) is 2.13. The number of hydrogen-bond donors (Lipinski definition) is 2. The highest BCUT2D eigenvalue weighted by Crippen LogP contribution is 2.25. The molecule has 0 spiro atoms. The first-order chi connectivity index (χ1) is 6.43. The summed E-state index contributed by atoms with van der Waals surface area (Å²) in [7, 11) is 0. The molecule has 3 N–H and O–H groups in total. The van der Waals surface area contributed by atoms with E-state index >= 15 is 0 Å². The van der Waals surface area contributed by atoms with E-state index in [-0.39, 0.29) is 0 Å². The van der Waals surface area contributed by atoms with Crippen LogP contribution in [0.4, 0.5) is 0 Å². The first-order valence-electron chi connectivity index (χ1n) is 4.17. The second-order valence-corrected chi connectivity index (χ2v) is 4.07. The molecule has 0 aliphatic carbocycles. The summed E-state index contributed by atoms with van der Waals surface area (Å²) in [5.41, 5.74) is 7.49. The molecule has 0 heterocycles. The molecule has 0 aromatic heterocycles. The normalized spacial score (nSPS) is 12.6. The average Bonchev–Trinajstić information content (AvgIpc) is 2.12. The summed E-state index contributed by atoms with van der Waals surface area (Å²) in [4.78, 5) is 10.8. The second-order valence-electron chi connectivity index (χ2n) is 3.27. The molecule has 1 aromatic carbocycles. The lowest BCUT2D eigenvalue weighted by Crippen LogP contribution is -2.21. The zero-order valence-corrected chi connectivity index (χ0v) is 9.63. The topological polar surface area (TPSA) is 63.3 Å². The average molecular weight is 258 g/mol. The summed E-state index contributed by atoms with van der Waals surface area (Å²) < 4.78 is 0.984. The van der Waals surface area contributed by atoms with Crippen molar-refractivity contribution in [3.05, 3.63) is 33.3 Å². The zero-order chi connectivity index (χ0) is 10.9. The number of halogens is 1. The molecule has 14 heavy (non-hydrogen) atoms. The van der Waals surface area contributed by atoms with Crippen molar-refractivity contribution in [1.29, 1.82) is 0 Å². The van der Waals surface area contributed by atoms with Crippen LogP contribution in [0.5, 0.6) is 0 Å². The molecule has 0 fully saturated rings. The maximum absolute atomic E-state index is 10.8. The van der Waals surface area contributed by atoms with Crippen LogP contribution >= 0.6 is 15.9 Å². The van der Waals surface area contributed by atoms with Crippen LogP contribution in [-0.4, -0.2) is 11.0 Å². The van der Waals surface area contributed by atoms with Crippen molar-refractivity contribution in [2.45, 2.75) is 20.0 Å². The smallest absolute Gasteiger partial charge is 0.250 e. The van der Waals surface area contributed by atoms with Gasteiger partial charge >= 0.3 is 0 Å². The zero-order valence-electron chi connectivity index (χ0n) is 8.04. The number of aliphatic hydroxyl groups is 1. The number of carbonyl (C=O) groups is 1. The molecular formula is C10H12BrNO2. The molecule has 3 nitrogen and oxygen atoms in total. The largest absolute Gasteiger partial charge is 0.378 e. The van der Waals surface area contributed by atoms with Gasteiger partial charge in [0, 0.05) is 4.47 Å². The number of nitrogens with two attached hydrogens (primary N) is 1. The number of primary amides is 1. The highest BCUT2D eigenvalue weighted by Gasteiger charge is 2.15. The monoisotopic (exact) mass is 257 g/mol. The Hall–Kier alpha value is -0.870. The molecule has 1 aromatic rings. The van der Waals surface area contributed by atoms with Crippen LogP contribution in [0.2, 0.25) is 0 Å². The van der Waals surface area contributed by atoms with Crippen molar-refractivity contribution >= 4 is 21.8 Å². The summed E-state index contributed by atoms with van der Waals surface area (Å²) in [6.07, 6.45) is -1.22. The number of hydrogen-bond acceptors (Lipinski definition) is 2. The molecule has 0 aliphatic heterocycles. The summed E-state index contributed by atoms with van der Waals surface area (Å²) in [6.45, 7) is 3.79. The van der Waals surface area contributed by atoms with Gasteiger partial charge in [-0.15, -0.1) is 0 Å². The lowest BCUT2D eigenvalue weighted by molar-refractivity contribution is -0.126. The van der Waals surface area contributed by atoms with Crippen molar-refractivity contribution in [3.63, 3.8) is 0 Å². The number of amides is 1. The van der Waals surface area contributed by atoms with Crippen molar-refractivity contribution in [1.82, 2.24) is 0 Å². The molecule has 0 aliphatic rings. The highest BCUT2D eigenvalue weighted by molar-refractivity contribution is 9.10. The Morgan fingerprint density at radius 1 is 1.43 bits per heavy atom. The van der Waals surface area contributed by atoms with Gasteiger partial charge in [0.05, 0.1) is 0 Å². The van der Waals surface area contributed by atoms with Gasteiger partial charge in [-0.1, -0.05) is 28.1 Å². The standard InChI is InChI=1S/C10H12BrNO2/c1-5-3-7(9(13)10(12)14)4-6(2)8(5)11/h3-4,9,13H,1-2H3,(H2,12,14). The van der Waals surface area contributed by atoms with Gasteiger partial charge in [0.15, 0.2) is 6.10 Å². The van der Waals surface area contributed by atoms with Crippen LogP contribution in [0.1, 0.15) is 22.8 Å². The van der Waals surface area contributed by atoms with Crippen LogP contribution in [0.25, 0.3) is 0 Å². The molecule has 0 radical (unpaired) electrons. The Bertz CT molecular complexity index is 353. The van der Waals surface area contributed by atoms with Gasteiger partial charge in [0.1, 0.15) is 0 Å². The van der Waals surface area contributed by atoms with Crippen molar-refractivity contribution in [2.75, 3.05) is 0 Å². The molecule has 1 rings (SSSR count). The Balaban J connectivity index is 3.19. The van der Waals surface area contributed by atoms with E-state index in [0.29, 0.717) is 5.56 Å². The summed E-state index contributed by atoms with van der Waals surface area (Å²) in [5.74, 6) is -0.730. The van der Waals surface area contributed by atoms with E-state index in [1.165, 1.54) is 0 Å². The minimum atomic E-state index is -1.22. The van der Waals surface area contributed by atoms with Crippen LogP contribution in [0.15, 0.2) is 16.6 Å². The predicted molar refractivity (Wildman–Crippen MR) is 57.8 cm³/mol. The maximum atomic E-state index is 10.8. The lowest BCUT2D eigenvalue weighted by atomic mass is 10.0. The van der Waals surface area contributed by atoms with Gasteiger partial charge in [-0.25, -0.2) is 0 Å². The summed E-state index contributed by atoms with van der Waals surface area (Å²) in [6, 6.07) is 3.49. The van der Waals surface area contributed by atoms with E-state index in [0.717, 1.165) is 15.6 Å². The van der Waals surface area contributed by atoms with E-state index < -0.39 is 12.0 Å². The lowest BCUT2D eigenvalue weighted by Gasteiger charge is -2.10. The molecule has 4 heteroatoms. The first kappa shape index (κ1) is 11.2. The van der Waals surface area contributed by atoms with Gasteiger partial charge in [-0.3, -0.25) is 4.79 Å². The molecule has 0 saturated carbocycles. The first-order valence-corrected chi connectivity index (χ1v) is 4.97. The quantitative estimate of drug-likeness (QED) is 0.845. The Morgan fingerprint density at radius 2 is 1.86 bits per heavy atom. The molecule has 1 amide bonds. The Labute approximate surface area is 91.1 Å². The van der Waals surface area contributed by atoms with Gasteiger partial charge in [0.25, 0.3) is 5.91 Å². The third-order valence-electron chi connectivity index (χ3n) is 2.04. The fraction of sp³-hybridized carbons (Fsp3) is 0.300. The maximum Gasteiger partial charge on any atom is 0.250 e. The fourth-order valence-corrected chi connectivity index (χ4v) is 1.53. The Morgan fingerprint density at radius 3 is 2.21 bits per heavy atom. The van der Waals surface area contributed by atoms with Gasteiger partial charge in [-0.2, -0.15) is 0 Å². The van der Waals surface area contributed by atoms with Crippen molar-refractivity contribution < 1.29 is 9.90 Å². The summed E-state index contributed by atoms with van der Waals surface area (Å²) >= 11 is 3.40. The highest BCUT2D eigenvalue weighted by atomic mass is 79.9. The van der Waals surface area contributed by atoms with E-state index in [1.54, 1.807) is 12.1 Å². The van der Waals surface area contributed by atoms with Gasteiger partial charge in [0.2, 0.25) is 0 Å². The molecule has 1 atom stereocenters. The van der Waals surface area contributed by atoms with Crippen LogP contribution < -0.4 is 5.73 Å². The Kier molecular flexibility index (Phi) is 3.29. The minimum Gasteiger partial charge on any atom is -0.378 e. The number of carbonyl (C=O) groups excluding carboxylic acids is 1. The van der Waals surface area contributed by atoms with Gasteiger partial charge < -0.3 is 10.8 Å². The molecular weight excluding hydrogens is 246 g/mol. The van der Waals surface area contributed by atoms with E-state index in [4.69, 9.17) is 5.73 Å². The van der Waals surface area contributed by atoms with E-state index in [9.17, 15) is 9.90 Å². The SMILES string of the molecule is Cc1cc(C(O)C(N)=O)cc(C)c1Br. The molecule has 76 valence electrons. The second kappa shape index (κ2) is 4.11. The number of aryl methyl sites for hydroxylation is 2. The minimum absolute atomic E-state index is 0.538. The predicted octanol–water partition coefficient (Wildman–Crippen LogP) is 1.58. The van der Waals surface area contributed by atoms with Crippen LogP contribution in [-0.2, 0) is 4.79 Å². The van der Waals surface area contributed by atoms with E-state index in [1.807, 2.05) is 13.8 Å². The molecule has 0 saturated heterocycles. The third-order valence-corrected chi connectivity index (χ3v) is 3.29. The van der Waals surface area contributed by atoms with Crippen LogP contribution in [0, 0.1) is 13.8 Å². The van der Waals surface area contributed by atoms with Crippen LogP contribution in [0.3, 0.4) is 0 Å².